The number of nitrogens with zero attached hydrogens (tertiary/aromatic N) is 1. The van der Waals surface area contributed by atoms with Crippen molar-refractivity contribution in [2.45, 2.75) is 40.0 Å². The number of aryl methyl sites for hydroxylation is 3. The maximum absolute atomic E-state index is 2.71. The first-order chi connectivity index (χ1) is 27.2. The van der Waals surface area contributed by atoms with Crippen molar-refractivity contribution in [1.82, 2.24) is 0 Å². The summed E-state index contributed by atoms with van der Waals surface area (Å²) in [5.74, 6) is 0. The minimum atomic E-state index is -2.71. The standard InChI is InChI=1S/C54H43NSi/c1-34-19-24-43-44-25-20-35(2)30-51(44)56(50(43)29-34)52-31-36(3)21-26-45(52)46-28-23-39(33-53(46)56)55(49-18-12-10-15-40(49)37-13-7-6-8-14-37)38-22-27-42-41-16-9-11-17-47(41)54(4,5)48(42)32-38/h6-33H,1-5H3. The van der Waals surface area contributed by atoms with Gasteiger partial charge in [-0.3, -0.25) is 0 Å². The smallest absolute Gasteiger partial charge is 0.182 e. The van der Waals surface area contributed by atoms with Gasteiger partial charge in [0, 0.05) is 22.4 Å². The molecule has 1 spiro atoms. The van der Waals surface area contributed by atoms with Crippen molar-refractivity contribution in [2.24, 2.45) is 0 Å². The van der Waals surface area contributed by atoms with Gasteiger partial charge in [0.25, 0.3) is 0 Å². The van der Waals surface area contributed by atoms with Crippen molar-refractivity contribution >= 4 is 45.9 Å². The van der Waals surface area contributed by atoms with E-state index in [0.29, 0.717) is 0 Å². The first-order valence-corrected chi connectivity index (χ1v) is 21.9. The zero-order chi connectivity index (χ0) is 37.9. The van der Waals surface area contributed by atoms with E-state index in [9.17, 15) is 0 Å². The van der Waals surface area contributed by atoms with Crippen LogP contribution in [0.2, 0.25) is 0 Å². The molecule has 1 nitrogen and oxygen atoms in total. The van der Waals surface area contributed by atoms with Crippen molar-refractivity contribution in [3.8, 4) is 44.5 Å². The Kier molecular flexibility index (Phi) is 7.04. The van der Waals surface area contributed by atoms with E-state index in [1.165, 1.54) is 110 Å². The van der Waals surface area contributed by atoms with E-state index in [-0.39, 0.29) is 5.41 Å². The van der Waals surface area contributed by atoms with Crippen molar-refractivity contribution in [3.63, 3.8) is 0 Å². The molecule has 2 aliphatic heterocycles. The predicted octanol–water partition coefficient (Wildman–Crippen LogP) is 11.4. The quantitative estimate of drug-likeness (QED) is 0.163. The summed E-state index contributed by atoms with van der Waals surface area (Å²) >= 11 is 0. The summed E-state index contributed by atoms with van der Waals surface area (Å²) in [6, 6.07) is 65.0. The third kappa shape index (κ3) is 4.48. The molecular weight excluding hydrogens is 691 g/mol. The average molecular weight is 734 g/mol. The average Bonchev–Trinajstić information content (AvgIpc) is 3.75. The predicted molar refractivity (Wildman–Crippen MR) is 240 cm³/mol. The Morgan fingerprint density at radius 3 is 1.43 bits per heavy atom. The second-order valence-corrected chi connectivity index (χ2v) is 20.4. The number of fused-ring (bicyclic) bond motifs is 13. The van der Waals surface area contributed by atoms with E-state index in [1.807, 2.05) is 0 Å². The van der Waals surface area contributed by atoms with Crippen LogP contribution in [0.4, 0.5) is 17.1 Å². The lowest BCUT2D eigenvalue weighted by molar-refractivity contribution is 0.660. The number of anilines is 3. The Balaban J connectivity index is 1.21. The molecule has 268 valence electrons. The van der Waals surface area contributed by atoms with Crippen LogP contribution in [0.1, 0.15) is 41.7 Å². The number of para-hydroxylation sites is 1. The normalized spacial score (nSPS) is 14.4. The summed E-state index contributed by atoms with van der Waals surface area (Å²) in [5.41, 5.74) is 20.8. The summed E-state index contributed by atoms with van der Waals surface area (Å²) in [7, 11) is -2.71. The van der Waals surface area contributed by atoms with Gasteiger partial charge in [-0.25, -0.2) is 0 Å². The van der Waals surface area contributed by atoms with Crippen molar-refractivity contribution in [2.75, 3.05) is 4.90 Å². The Morgan fingerprint density at radius 2 is 0.821 bits per heavy atom. The second kappa shape index (κ2) is 11.9. The van der Waals surface area contributed by atoms with Crippen molar-refractivity contribution < 1.29 is 0 Å². The molecule has 0 radical (unpaired) electrons. The van der Waals surface area contributed by atoms with Gasteiger partial charge in [-0.1, -0.05) is 170 Å². The van der Waals surface area contributed by atoms with Crippen LogP contribution in [0.3, 0.4) is 0 Å². The van der Waals surface area contributed by atoms with E-state index >= 15 is 0 Å². The fraction of sp³-hybridized carbons (Fsp3) is 0.111. The molecule has 0 atom stereocenters. The molecule has 1 aliphatic carbocycles. The lowest BCUT2D eigenvalue weighted by atomic mass is 9.82. The Bertz CT molecular complexity index is 2860. The zero-order valence-corrected chi connectivity index (χ0v) is 33.6. The molecule has 56 heavy (non-hydrogen) atoms. The molecule has 0 N–H and O–H groups in total. The molecule has 2 heterocycles. The fourth-order valence-corrected chi connectivity index (χ4v) is 16.4. The SMILES string of the molecule is Cc1ccc2c(c1)[Si]1(c3cc(C)ccc3-2)c2cc(C)ccc2-c2ccc(N(c3ccc4c(c3)C(C)(C)c3ccccc3-4)c3ccccc3-c3ccccc3)cc21. The van der Waals surface area contributed by atoms with Crippen LogP contribution in [0.15, 0.2) is 170 Å². The van der Waals surface area contributed by atoms with Crippen molar-refractivity contribution in [1.29, 1.82) is 0 Å². The third-order valence-electron chi connectivity index (χ3n) is 13.0. The monoisotopic (exact) mass is 733 g/mol. The summed E-state index contributed by atoms with van der Waals surface area (Å²) < 4.78 is 0. The lowest BCUT2D eigenvalue weighted by Crippen LogP contribution is -2.71. The molecule has 2 heteroatoms. The highest BCUT2D eigenvalue weighted by atomic mass is 28.3. The summed E-state index contributed by atoms with van der Waals surface area (Å²) in [6.45, 7) is 11.5. The minimum absolute atomic E-state index is 0.117. The van der Waals surface area contributed by atoms with Crippen molar-refractivity contribution in [3.05, 3.63) is 198 Å². The summed E-state index contributed by atoms with van der Waals surface area (Å²) in [5, 5.41) is 6.06. The molecule has 0 unspecified atom stereocenters. The molecule has 0 saturated carbocycles. The van der Waals surface area contributed by atoms with E-state index in [1.54, 1.807) is 0 Å². The molecule has 0 aromatic heterocycles. The second-order valence-electron chi connectivity index (χ2n) is 16.7. The van der Waals surface area contributed by atoms with Crippen LogP contribution >= 0.6 is 0 Å². The van der Waals surface area contributed by atoms with Crippen LogP contribution in [-0.2, 0) is 5.41 Å². The lowest BCUT2D eigenvalue weighted by Gasteiger charge is -2.32. The number of hydrogen-bond donors (Lipinski definition) is 0. The first-order valence-electron chi connectivity index (χ1n) is 19.9. The Morgan fingerprint density at radius 1 is 0.375 bits per heavy atom. The highest BCUT2D eigenvalue weighted by Crippen LogP contribution is 2.51. The third-order valence-corrected chi connectivity index (χ3v) is 17.9. The highest BCUT2D eigenvalue weighted by Gasteiger charge is 2.54. The molecule has 8 aromatic carbocycles. The van der Waals surface area contributed by atoms with Gasteiger partial charge in [-0.15, -0.1) is 0 Å². The van der Waals surface area contributed by atoms with Gasteiger partial charge in [-0.05, 0) is 122 Å². The Labute approximate surface area is 331 Å². The van der Waals surface area contributed by atoms with Gasteiger partial charge in [0.2, 0.25) is 0 Å². The summed E-state index contributed by atoms with van der Waals surface area (Å²) in [4.78, 5) is 2.54. The largest absolute Gasteiger partial charge is 0.310 e. The van der Waals surface area contributed by atoms with Gasteiger partial charge in [0.15, 0.2) is 8.07 Å². The molecule has 0 bridgehead atoms. The van der Waals surface area contributed by atoms with E-state index < -0.39 is 8.07 Å². The van der Waals surface area contributed by atoms with Gasteiger partial charge in [0.1, 0.15) is 0 Å². The highest BCUT2D eigenvalue weighted by molar-refractivity contribution is 7.24. The molecule has 0 saturated heterocycles. The Hall–Kier alpha value is -6.22. The van der Waals surface area contributed by atoms with E-state index in [0.717, 1.165) is 0 Å². The first kappa shape index (κ1) is 33.1. The minimum Gasteiger partial charge on any atom is -0.310 e. The van der Waals surface area contributed by atoms with E-state index in [4.69, 9.17) is 0 Å². The number of hydrogen-bond acceptors (Lipinski definition) is 1. The fourth-order valence-electron chi connectivity index (χ4n) is 10.5. The van der Waals surface area contributed by atoms with Gasteiger partial charge in [-0.2, -0.15) is 0 Å². The van der Waals surface area contributed by atoms with Crippen LogP contribution in [0.25, 0.3) is 44.5 Å². The maximum Gasteiger partial charge on any atom is 0.182 e. The topological polar surface area (TPSA) is 3.24 Å². The zero-order valence-electron chi connectivity index (χ0n) is 32.6. The molecule has 0 amide bonds. The van der Waals surface area contributed by atoms with Crippen LogP contribution in [0, 0.1) is 20.8 Å². The molecule has 0 fully saturated rings. The van der Waals surface area contributed by atoms with Gasteiger partial charge < -0.3 is 4.90 Å². The van der Waals surface area contributed by atoms with Gasteiger partial charge >= 0.3 is 0 Å². The van der Waals surface area contributed by atoms with E-state index in [2.05, 4.69) is 209 Å². The molecular formula is C54H43NSi. The van der Waals surface area contributed by atoms with Crippen LogP contribution < -0.4 is 25.6 Å². The molecule has 11 rings (SSSR count). The molecule has 3 aliphatic rings. The summed E-state index contributed by atoms with van der Waals surface area (Å²) in [6.07, 6.45) is 0. The number of rotatable bonds is 4. The van der Waals surface area contributed by atoms with Crippen LogP contribution in [-0.4, -0.2) is 8.07 Å². The maximum atomic E-state index is 2.59. The molecule has 8 aromatic rings. The number of benzene rings is 8. The van der Waals surface area contributed by atoms with Crippen LogP contribution in [0.5, 0.6) is 0 Å². The van der Waals surface area contributed by atoms with Gasteiger partial charge in [0.05, 0.1) is 5.69 Å².